The summed E-state index contributed by atoms with van der Waals surface area (Å²) in [6.45, 7) is 3.69. The van der Waals surface area contributed by atoms with Crippen LogP contribution in [-0.2, 0) is 27.5 Å². The molecule has 2 N–H and O–H groups in total. The fourth-order valence-electron chi connectivity index (χ4n) is 9.70. The number of carbonyl (C=O) groups is 1. The first-order valence-corrected chi connectivity index (χ1v) is 23.1. The monoisotopic (exact) mass is 956 g/mol. The van der Waals surface area contributed by atoms with Gasteiger partial charge in [0.1, 0.15) is 42.3 Å². The number of nitro benzene ring substituents is 2. The van der Waals surface area contributed by atoms with Crippen LogP contribution in [0, 0.1) is 43.8 Å². The Kier molecular flexibility index (Phi) is 16.8. The Morgan fingerprint density at radius 2 is 1.63 bits per heavy atom. The van der Waals surface area contributed by atoms with Crippen molar-refractivity contribution < 1.29 is 53.0 Å². The molecular formula is C50H54ClFN4O12. The number of hydrogen-bond donors (Lipinski definition) is 2. The summed E-state index contributed by atoms with van der Waals surface area (Å²) in [5.41, 5.74) is 2.91. The van der Waals surface area contributed by atoms with Gasteiger partial charge in [-0.1, -0.05) is 48.3 Å². The highest BCUT2D eigenvalue weighted by Crippen LogP contribution is 2.62. The zero-order valence-electron chi connectivity index (χ0n) is 37.3. The molecule has 0 spiro atoms. The number of carbonyl (C=O) groups excluding carboxylic acids is 1. The van der Waals surface area contributed by atoms with Crippen molar-refractivity contribution in [1.29, 1.82) is 0 Å². The van der Waals surface area contributed by atoms with Crippen LogP contribution in [0.5, 0.6) is 17.2 Å². The lowest BCUT2D eigenvalue weighted by atomic mass is 9.55. The van der Waals surface area contributed by atoms with E-state index in [0.29, 0.717) is 66.9 Å². The summed E-state index contributed by atoms with van der Waals surface area (Å²) in [7, 11) is 0. The predicted octanol–water partition coefficient (Wildman–Crippen LogP) is 10.1. The van der Waals surface area contributed by atoms with E-state index in [0.717, 1.165) is 11.1 Å². The van der Waals surface area contributed by atoms with E-state index in [4.69, 9.17) is 40.5 Å². The molecule has 0 saturated heterocycles. The molecule has 4 aromatic carbocycles. The van der Waals surface area contributed by atoms with Crippen LogP contribution in [0.25, 0.3) is 0 Å². The number of alkyl halides is 1. The molecule has 1 fully saturated rings. The van der Waals surface area contributed by atoms with Gasteiger partial charge in [0, 0.05) is 55.9 Å². The maximum absolute atomic E-state index is 14.6. The third kappa shape index (κ3) is 11.3. The van der Waals surface area contributed by atoms with Crippen molar-refractivity contribution in [3.05, 3.63) is 158 Å². The van der Waals surface area contributed by atoms with Crippen LogP contribution in [0.15, 0.2) is 120 Å². The zero-order valence-corrected chi connectivity index (χ0v) is 38.1. The number of rotatable bonds is 23. The Morgan fingerprint density at radius 3 is 2.32 bits per heavy atom. The van der Waals surface area contributed by atoms with Gasteiger partial charge in [0.2, 0.25) is 5.79 Å². The molecule has 16 nitrogen and oxygen atoms in total. The molecule has 7 rings (SSSR count). The number of nitrogens with zero attached hydrogens (tertiary/aromatic N) is 4. The van der Waals surface area contributed by atoms with Gasteiger partial charge in [0.05, 0.1) is 40.0 Å². The lowest BCUT2D eigenvalue weighted by Gasteiger charge is -2.59. The Bertz CT molecular complexity index is 2470. The van der Waals surface area contributed by atoms with Gasteiger partial charge < -0.3 is 34.0 Å². The van der Waals surface area contributed by atoms with Crippen LogP contribution in [0.1, 0.15) is 67.6 Å². The minimum Gasteiger partial charge on any atom is -0.459 e. The zero-order chi connectivity index (χ0) is 48.2. The highest BCUT2D eigenvalue weighted by molar-refractivity contribution is 6.18. The summed E-state index contributed by atoms with van der Waals surface area (Å²) >= 11 is 6.06. The van der Waals surface area contributed by atoms with E-state index in [9.17, 15) is 39.6 Å². The summed E-state index contributed by atoms with van der Waals surface area (Å²) in [6, 6.07) is 21.8. The number of benzene rings is 4. The minimum absolute atomic E-state index is 0.00544. The van der Waals surface area contributed by atoms with Gasteiger partial charge in [-0.05, 0) is 103 Å². The van der Waals surface area contributed by atoms with E-state index in [1.54, 1.807) is 48.5 Å². The van der Waals surface area contributed by atoms with Crippen molar-refractivity contribution in [1.82, 2.24) is 4.90 Å². The SMILES string of the molecule is C=CCO[C@@]12Oc3ccc(Oc4cccc([N+](=O)[O-])c4)cc3[C@H]3[C@H](CCCCO)[C@@H](CCCCO)C=C(C(=NOCc4ccc([N+](=O)[O-])cc4)C[C@@H]1N(Cc1ccc(F)cc1)C(=O)OCCCl)[C@H]32. The fourth-order valence-corrected chi connectivity index (χ4v) is 9.78. The van der Waals surface area contributed by atoms with E-state index in [2.05, 4.69) is 12.7 Å². The number of non-ortho nitro benzene ring substituents is 2. The Balaban J connectivity index is 1.45. The minimum atomic E-state index is -1.68. The van der Waals surface area contributed by atoms with E-state index in [1.807, 2.05) is 6.07 Å². The summed E-state index contributed by atoms with van der Waals surface area (Å²) in [4.78, 5) is 44.3. The summed E-state index contributed by atoms with van der Waals surface area (Å²) in [6.07, 6.45) is 6.80. The van der Waals surface area contributed by atoms with Gasteiger partial charge in [-0.3, -0.25) is 25.1 Å². The number of aliphatic hydroxyl groups is 2. The van der Waals surface area contributed by atoms with Gasteiger partial charge in [-0.25, -0.2) is 9.18 Å². The van der Waals surface area contributed by atoms with Crippen molar-refractivity contribution in [2.45, 2.75) is 75.8 Å². The number of amides is 1. The van der Waals surface area contributed by atoms with Crippen LogP contribution < -0.4 is 9.47 Å². The van der Waals surface area contributed by atoms with Gasteiger partial charge in [0.15, 0.2) is 0 Å². The molecule has 1 aliphatic heterocycles. The lowest BCUT2D eigenvalue weighted by molar-refractivity contribution is -0.385. The predicted molar refractivity (Wildman–Crippen MR) is 250 cm³/mol. The van der Waals surface area contributed by atoms with E-state index < -0.39 is 45.4 Å². The standard InChI is InChI=1S/C50H54ClFN4O12/c1-2-25-65-50-46(54(49(59)64-26-22-51)31-33-12-16-36(52)17-13-33)30-44(53-66-32-34-14-18-37(19-15-34)55(60)61)42-27-35(8-3-5-23-57)41(11-4-6-24-58)47(48(42)50)43-29-40(20-21-45(43)68-50)67-39-10-7-9-38(28-39)56(62)63/h2,7,9-10,12-21,27-29,35,41,46-48,57-58H,1,3-6,8,11,22-26,30-32H2/t35-,41+,46-,47+,48+,50+/m0/s1. The highest BCUT2D eigenvalue weighted by Gasteiger charge is 2.65. The van der Waals surface area contributed by atoms with E-state index in [1.165, 1.54) is 47.4 Å². The molecule has 0 unspecified atom stereocenters. The Morgan fingerprint density at radius 1 is 0.926 bits per heavy atom. The molecule has 0 radical (unpaired) electrons. The average Bonchev–Trinajstić information content (AvgIpc) is 3.34. The topological polar surface area (TPSA) is 206 Å². The Labute approximate surface area is 397 Å². The number of ether oxygens (including phenoxy) is 4. The molecule has 1 heterocycles. The van der Waals surface area contributed by atoms with Crippen molar-refractivity contribution in [2.75, 3.05) is 32.3 Å². The maximum Gasteiger partial charge on any atom is 0.410 e. The maximum atomic E-state index is 14.6. The first kappa shape index (κ1) is 49.5. The first-order valence-electron chi connectivity index (χ1n) is 22.6. The second-order valence-corrected chi connectivity index (χ2v) is 17.3. The van der Waals surface area contributed by atoms with Crippen LogP contribution in [0.2, 0.25) is 0 Å². The molecule has 2 aliphatic carbocycles. The van der Waals surface area contributed by atoms with Crippen LogP contribution >= 0.6 is 11.6 Å². The number of fused-ring (bicyclic) bond motifs is 2. The third-order valence-corrected chi connectivity index (χ3v) is 12.8. The van der Waals surface area contributed by atoms with E-state index in [-0.39, 0.29) is 80.8 Å². The highest BCUT2D eigenvalue weighted by atomic mass is 35.5. The molecule has 4 aromatic rings. The van der Waals surface area contributed by atoms with Crippen LogP contribution in [0.3, 0.4) is 0 Å². The number of halogens is 2. The number of allylic oxidation sites excluding steroid dienone is 1. The normalized spacial score (nSPS) is 21.9. The number of nitro groups is 2. The van der Waals surface area contributed by atoms with Crippen LogP contribution in [-0.4, -0.2) is 80.9 Å². The van der Waals surface area contributed by atoms with Gasteiger partial charge in [0.25, 0.3) is 11.4 Å². The molecule has 360 valence electrons. The first-order chi connectivity index (χ1) is 33.0. The molecule has 1 amide bonds. The molecule has 6 atom stereocenters. The lowest BCUT2D eigenvalue weighted by Crippen LogP contribution is -2.70. The van der Waals surface area contributed by atoms with Gasteiger partial charge in [-0.2, -0.15) is 0 Å². The molecule has 3 aliphatic rings. The quantitative estimate of drug-likeness (QED) is 0.0234. The van der Waals surface area contributed by atoms with Crippen molar-refractivity contribution in [3.63, 3.8) is 0 Å². The number of unbranched alkanes of at least 4 members (excludes halogenated alkanes) is 2. The number of oxime groups is 1. The number of hydrogen-bond acceptors (Lipinski definition) is 13. The number of aliphatic hydroxyl groups excluding tert-OH is 2. The molecule has 0 aromatic heterocycles. The van der Waals surface area contributed by atoms with Gasteiger partial charge in [-0.15, -0.1) is 18.2 Å². The fraction of sp³-hybridized carbons (Fsp3) is 0.400. The third-order valence-electron chi connectivity index (χ3n) is 12.6. The summed E-state index contributed by atoms with van der Waals surface area (Å²) in [5, 5.41) is 47.8. The van der Waals surface area contributed by atoms with Crippen molar-refractivity contribution >= 4 is 34.8 Å². The second kappa shape index (κ2) is 23.1. The molecule has 68 heavy (non-hydrogen) atoms. The molecule has 1 saturated carbocycles. The van der Waals surface area contributed by atoms with Gasteiger partial charge >= 0.3 is 6.09 Å². The molecule has 18 heteroatoms. The summed E-state index contributed by atoms with van der Waals surface area (Å²) < 4.78 is 40.7. The molecule has 0 bridgehead atoms. The molecular weight excluding hydrogens is 903 g/mol. The van der Waals surface area contributed by atoms with Crippen molar-refractivity contribution in [3.8, 4) is 17.2 Å². The second-order valence-electron chi connectivity index (χ2n) is 16.9. The van der Waals surface area contributed by atoms with Crippen molar-refractivity contribution in [2.24, 2.45) is 22.9 Å². The summed E-state index contributed by atoms with van der Waals surface area (Å²) in [5.74, 6) is -2.51. The smallest absolute Gasteiger partial charge is 0.410 e. The van der Waals surface area contributed by atoms with E-state index >= 15 is 0 Å². The average molecular weight is 957 g/mol. The van der Waals surface area contributed by atoms with Crippen LogP contribution in [0.4, 0.5) is 20.6 Å². The largest absolute Gasteiger partial charge is 0.459 e. The Hall–Kier alpha value is -6.40.